The first-order valence-electron chi connectivity index (χ1n) is 3.42. The molecule has 0 aliphatic carbocycles. The minimum Gasteiger partial charge on any atom is -0.273 e. The molecule has 0 saturated carbocycles. The molecule has 0 saturated heterocycles. The maximum absolute atomic E-state index is 12.9. The van der Waals surface area contributed by atoms with Crippen molar-refractivity contribution in [2.75, 3.05) is 7.11 Å². The van der Waals surface area contributed by atoms with Crippen molar-refractivity contribution in [1.82, 2.24) is 4.98 Å². The van der Waals surface area contributed by atoms with Gasteiger partial charge in [-0.2, -0.15) is 8.42 Å². The number of hydrogen-bond donors (Lipinski definition) is 0. The van der Waals surface area contributed by atoms with Crippen LogP contribution in [0.1, 0.15) is 5.56 Å². The molecule has 6 heteroatoms. The van der Waals surface area contributed by atoms with Gasteiger partial charge in [0.25, 0.3) is 10.1 Å². The van der Waals surface area contributed by atoms with Crippen LogP contribution in [0.2, 0.25) is 0 Å². The molecule has 0 spiro atoms. The molecule has 72 valence electrons. The fourth-order valence-electron chi connectivity index (χ4n) is 0.770. The van der Waals surface area contributed by atoms with Gasteiger partial charge in [0.1, 0.15) is 11.6 Å². The minimum absolute atomic E-state index is 0.0526. The molecule has 1 aromatic rings. The zero-order valence-corrected chi connectivity index (χ0v) is 7.71. The zero-order valence-electron chi connectivity index (χ0n) is 6.90. The maximum atomic E-state index is 12.9. The maximum Gasteiger partial charge on any atom is 0.271 e. The fraction of sp³-hybridized carbons (Fsp3) is 0.286. The van der Waals surface area contributed by atoms with Crippen LogP contribution in [0.15, 0.2) is 18.5 Å². The Kier molecular flexibility index (Phi) is 2.94. The lowest BCUT2D eigenvalue weighted by atomic mass is 10.3. The first-order valence-corrected chi connectivity index (χ1v) is 4.99. The van der Waals surface area contributed by atoms with Gasteiger partial charge in [0.05, 0.1) is 13.3 Å². The van der Waals surface area contributed by atoms with E-state index in [0.29, 0.717) is 0 Å². The van der Waals surface area contributed by atoms with E-state index < -0.39 is 21.7 Å². The summed E-state index contributed by atoms with van der Waals surface area (Å²) in [6, 6.07) is 1.30. The molecule has 0 atom stereocenters. The summed E-state index contributed by atoms with van der Waals surface area (Å²) in [5, 5.41) is 0. The van der Waals surface area contributed by atoms with E-state index >= 15 is 0 Å². The predicted molar refractivity (Wildman–Crippen MR) is 43.8 cm³/mol. The van der Waals surface area contributed by atoms with Gasteiger partial charge in [-0.1, -0.05) is 0 Å². The highest BCUT2D eigenvalue weighted by Gasteiger charge is 2.13. The van der Waals surface area contributed by atoms with Gasteiger partial charge in [-0.25, -0.2) is 4.39 Å². The van der Waals surface area contributed by atoms with Gasteiger partial charge in [-0.05, 0) is 6.07 Å². The fourth-order valence-corrected chi connectivity index (χ4v) is 1.50. The summed E-state index contributed by atoms with van der Waals surface area (Å²) in [4.78, 5) is 3.49. The van der Waals surface area contributed by atoms with Gasteiger partial charge in [-0.3, -0.25) is 9.17 Å². The predicted octanol–water partition coefficient (Wildman–Crippen LogP) is 0.697. The van der Waals surface area contributed by atoms with E-state index in [0.717, 1.165) is 13.3 Å². The average molecular weight is 205 g/mol. The monoisotopic (exact) mass is 205 g/mol. The van der Waals surface area contributed by atoms with Crippen molar-refractivity contribution >= 4 is 10.1 Å². The Hall–Kier alpha value is -1.01. The largest absolute Gasteiger partial charge is 0.273 e. The normalized spacial score (nSPS) is 11.5. The van der Waals surface area contributed by atoms with E-state index in [1.165, 1.54) is 12.3 Å². The topological polar surface area (TPSA) is 56.3 Å². The summed E-state index contributed by atoms with van der Waals surface area (Å²) in [5.41, 5.74) is 0.0526. The molecule has 1 aromatic heterocycles. The molecule has 0 amide bonds. The van der Waals surface area contributed by atoms with Crippen molar-refractivity contribution in [3.05, 3.63) is 29.8 Å². The Morgan fingerprint density at radius 3 is 2.85 bits per heavy atom. The van der Waals surface area contributed by atoms with Crippen LogP contribution >= 0.6 is 0 Å². The first kappa shape index (κ1) is 10.1. The van der Waals surface area contributed by atoms with E-state index in [4.69, 9.17) is 0 Å². The number of rotatable bonds is 3. The zero-order chi connectivity index (χ0) is 9.90. The number of hydrogen-bond acceptors (Lipinski definition) is 4. The second kappa shape index (κ2) is 3.80. The molecule has 4 nitrogen and oxygen atoms in total. The van der Waals surface area contributed by atoms with Crippen molar-refractivity contribution in [3.8, 4) is 0 Å². The smallest absolute Gasteiger partial charge is 0.271 e. The number of halogens is 1. The summed E-state index contributed by atoms with van der Waals surface area (Å²) in [7, 11) is -2.63. The number of nitrogens with zero attached hydrogens (tertiary/aromatic N) is 1. The van der Waals surface area contributed by atoms with Crippen LogP contribution < -0.4 is 0 Å². The Morgan fingerprint density at radius 1 is 1.62 bits per heavy atom. The van der Waals surface area contributed by atoms with Crippen LogP contribution in [-0.2, 0) is 20.1 Å². The number of aromatic nitrogens is 1. The van der Waals surface area contributed by atoms with Crippen molar-refractivity contribution in [2.24, 2.45) is 0 Å². The van der Waals surface area contributed by atoms with E-state index in [1.807, 2.05) is 0 Å². The van der Waals surface area contributed by atoms with Gasteiger partial charge >= 0.3 is 0 Å². The van der Waals surface area contributed by atoms with E-state index in [-0.39, 0.29) is 5.56 Å². The van der Waals surface area contributed by atoms with E-state index in [2.05, 4.69) is 9.17 Å². The lowest BCUT2D eigenvalue weighted by molar-refractivity contribution is 0.396. The Bertz CT molecular complexity index is 390. The summed E-state index contributed by atoms with van der Waals surface area (Å²) < 4.78 is 38.9. The molecule has 0 N–H and O–H groups in total. The SMILES string of the molecule is COS(=O)(=O)Cc1ccncc1F. The molecule has 13 heavy (non-hydrogen) atoms. The number of pyridine rings is 1. The Morgan fingerprint density at radius 2 is 2.31 bits per heavy atom. The molecular weight excluding hydrogens is 197 g/mol. The van der Waals surface area contributed by atoms with Crippen molar-refractivity contribution < 1.29 is 17.0 Å². The van der Waals surface area contributed by atoms with Crippen LogP contribution in [-0.4, -0.2) is 20.5 Å². The highest BCUT2D eigenvalue weighted by molar-refractivity contribution is 7.85. The summed E-state index contributed by atoms with van der Waals surface area (Å²) in [6.07, 6.45) is 2.28. The minimum atomic E-state index is -3.66. The highest BCUT2D eigenvalue weighted by Crippen LogP contribution is 2.09. The molecule has 0 aliphatic heterocycles. The molecule has 0 aliphatic rings. The Balaban J connectivity index is 2.93. The molecule has 0 fully saturated rings. The highest BCUT2D eigenvalue weighted by atomic mass is 32.2. The third kappa shape index (κ3) is 2.74. The third-order valence-corrected chi connectivity index (χ3v) is 2.62. The lowest BCUT2D eigenvalue weighted by Crippen LogP contribution is -2.07. The molecule has 0 unspecified atom stereocenters. The molecular formula is C7H8FNO3S. The quantitative estimate of drug-likeness (QED) is 0.681. The molecule has 0 bridgehead atoms. The van der Waals surface area contributed by atoms with Gasteiger partial charge < -0.3 is 0 Å². The lowest BCUT2D eigenvalue weighted by Gasteiger charge is -2.01. The average Bonchev–Trinajstić information content (AvgIpc) is 2.09. The van der Waals surface area contributed by atoms with Crippen molar-refractivity contribution in [3.63, 3.8) is 0 Å². The third-order valence-electron chi connectivity index (χ3n) is 1.44. The van der Waals surface area contributed by atoms with Crippen LogP contribution in [0.4, 0.5) is 4.39 Å². The summed E-state index contributed by atoms with van der Waals surface area (Å²) >= 11 is 0. The second-order valence-corrected chi connectivity index (χ2v) is 4.07. The Labute approximate surface area is 75.5 Å². The van der Waals surface area contributed by atoms with Gasteiger partial charge in [0, 0.05) is 11.8 Å². The van der Waals surface area contributed by atoms with Crippen LogP contribution in [0.3, 0.4) is 0 Å². The molecule has 0 radical (unpaired) electrons. The standard InChI is InChI=1S/C7H8FNO3S/c1-12-13(10,11)5-6-2-3-9-4-7(6)8/h2-4H,5H2,1H3. The molecule has 0 aromatic carbocycles. The van der Waals surface area contributed by atoms with Gasteiger partial charge in [-0.15, -0.1) is 0 Å². The van der Waals surface area contributed by atoms with Gasteiger partial charge in [0.15, 0.2) is 0 Å². The van der Waals surface area contributed by atoms with Crippen LogP contribution in [0, 0.1) is 5.82 Å². The summed E-state index contributed by atoms with van der Waals surface area (Å²) in [6.45, 7) is 0. The summed E-state index contributed by atoms with van der Waals surface area (Å²) in [5.74, 6) is -1.12. The van der Waals surface area contributed by atoms with Crippen LogP contribution in [0.5, 0.6) is 0 Å². The van der Waals surface area contributed by atoms with Crippen molar-refractivity contribution in [2.45, 2.75) is 5.75 Å². The van der Waals surface area contributed by atoms with E-state index in [9.17, 15) is 12.8 Å². The first-order chi connectivity index (χ1) is 6.05. The van der Waals surface area contributed by atoms with Crippen molar-refractivity contribution in [1.29, 1.82) is 0 Å². The van der Waals surface area contributed by atoms with Gasteiger partial charge in [0.2, 0.25) is 0 Å². The second-order valence-electron chi connectivity index (χ2n) is 2.34. The molecule has 1 heterocycles. The molecule has 1 rings (SSSR count). The van der Waals surface area contributed by atoms with Crippen LogP contribution in [0.25, 0.3) is 0 Å². The van der Waals surface area contributed by atoms with E-state index in [1.54, 1.807) is 0 Å².